The molecule has 2 N–H and O–H groups in total. The Labute approximate surface area is 135 Å². The third kappa shape index (κ3) is 4.30. The van der Waals surface area contributed by atoms with E-state index < -0.39 is 10.0 Å². The Morgan fingerprint density at radius 1 is 1.09 bits per heavy atom. The molecule has 0 atom stereocenters. The molecule has 122 valence electrons. The maximum absolute atomic E-state index is 12.1. The summed E-state index contributed by atoms with van der Waals surface area (Å²) >= 11 is 0. The van der Waals surface area contributed by atoms with Crippen LogP contribution in [-0.4, -0.2) is 28.5 Å². The first-order chi connectivity index (χ1) is 11.0. The van der Waals surface area contributed by atoms with Crippen LogP contribution in [0, 0.1) is 0 Å². The fourth-order valence-electron chi connectivity index (χ4n) is 2.06. The average Bonchev–Trinajstić information content (AvgIpc) is 2.55. The quantitative estimate of drug-likeness (QED) is 0.843. The minimum atomic E-state index is -3.48. The van der Waals surface area contributed by atoms with Crippen molar-refractivity contribution in [1.82, 2.24) is 4.72 Å². The Kier molecular flexibility index (Phi) is 5.36. The van der Waals surface area contributed by atoms with Crippen molar-refractivity contribution in [2.45, 2.75) is 11.3 Å². The number of hydrogen-bond donors (Lipinski definition) is 2. The Balaban J connectivity index is 2.06. The molecular formula is C16H18N2O4S. The van der Waals surface area contributed by atoms with Gasteiger partial charge in [-0.1, -0.05) is 18.2 Å². The highest BCUT2D eigenvalue weighted by Gasteiger charge is 2.12. The van der Waals surface area contributed by atoms with Crippen molar-refractivity contribution < 1.29 is 17.9 Å². The van der Waals surface area contributed by atoms with Crippen LogP contribution in [0.4, 0.5) is 5.69 Å². The number of para-hydroxylation sites is 1. The van der Waals surface area contributed by atoms with Gasteiger partial charge in [-0.2, -0.15) is 0 Å². The van der Waals surface area contributed by atoms with Gasteiger partial charge in [0.2, 0.25) is 15.9 Å². The third-order valence-electron chi connectivity index (χ3n) is 3.26. The van der Waals surface area contributed by atoms with Gasteiger partial charge in [0, 0.05) is 11.3 Å². The second-order valence-corrected chi connectivity index (χ2v) is 6.66. The van der Waals surface area contributed by atoms with E-state index in [-0.39, 0.29) is 17.2 Å². The Bertz CT molecular complexity index is 786. The summed E-state index contributed by atoms with van der Waals surface area (Å²) in [5, 5.41) is 2.73. The van der Waals surface area contributed by atoms with Crippen LogP contribution in [0.2, 0.25) is 0 Å². The smallest absolute Gasteiger partial charge is 0.240 e. The Morgan fingerprint density at radius 3 is 2.35 bits per heavy atom. The molecule has 0 spiro atoms. The number of ether oxygens (including phenoxy) is 1. The van der Waals surface area contributed by atoms with Crippen molar-refractivity contribution in [3.63, 3.8) is 0 Å². The molecule has 0 saturated carbocycles. The van der Waals surface area contributed by atoms with Gasteiger partial charge in [0.15, 0.2) is 0 Å². The monoisotopic (exact) mass is 334 g/mol. The third-order valence-corrected chi connectivity index (χ3v) is 4.69. The fraction of sp³-hybridized carbons (Fsp3) is 0.188. The van der Waals surface area contributed by atoms with Gasteiger partial charge in [0.05, 0.1) is 18.4 Å². The topological polar surface area (TPSA) is 84.5 Å². The summed E-state index contributed by atoms with van der Waals surface area (Å²) < 4.78 is 30.7. The van der Waals surface area contributed by atoms with Gasteiger partial charge in [-0.3, -0.25) is 4.79 Å². The lowest BCUT2D eigenvalue weighted by molar-refractivity contribution is -0.115. The molecule has 0 radical (unpaired) electrons. The molecule has 0 aliphatic heterocycles. The van der Waals surface area contributed by atoms with Crippen LogP contribution in [0.3, 0.4) is 0 Å². The summed E-state index contributed by atoms with van der Waals surface area (Å²) in [6.07, 6.45) is 0.167. The van der Waals surface area contributed by atoms with E-state index in [1.165, 1.54) is 19.2 Å². The lowest BCUT2D eigenvalue weighted by atomic mass is 10.1. The van der Waals surface area contributed by atoms with Crippen LogP contribution in [0.5, 0.6) is 5.75 Å². The second kappa shape index (κ2) is 7.26. The number of sulfonamides is 1. The number of benzene rings is 2. The lowest BCUT2D eigenvalue weighted by Gasteiger charge is -2.09. The lowest BCUT2D eigenvalue weighted by Crippen LogP contribution is -2.19. The van der Waals surface area contributed by atoms with Crippen LogP contribution >= 0.6 is 0 Å². The van der Waals surface area contributed by atoms with E-state index in [1.807, 2.05) is 18.2 Å². The molecule has 0 aliphatic carbocycles. The van der Waals surface area contributed by atoms with Crippen LogP contribution in [-0.2, 0) is 21.2 Å². The SMILES string of the molecule is CNS(=O)(=O)c1ccc(NC(=O)Cc2ccccc2OC)cc1. The van der Waals surface area contributed by atoms with E-state index >= 15 is 0 Å². The first kappa shape index (κ1) is 17.0. The molecule has 0 unspecified atom stereocenters. The molecule has 0 aliphatic rings. The molecular weight excluding hydrogens is 316 g/mol. The van der Waals surface area contributed by atoms with E-state index in [0.29, 0.717) is 11.4 Å². The van der Waals surface area contributed by atoms with Gasteiger partial charge in [-0.15, -0.1) is 0 Å². The van der Waals surface area contributed by atoms with Crippen molar-refractivity contribution in [2.75, 3.05) is 19.5 Å². The Hall–Kier alpha value is -2.38. The first-order valence-electron chi connectivity index (χ1n) is 6.91. The maximum atomic E-state index is 12.1. The first-order valence-corrected chi connectivity index (χ1v) is 8.40. The van der Waals surface area contributed by atoms with Gasteiger partial charge < -0.3 is 10.1 Å². The summed E-state index contributed by atoms with van der Waals surface area (Å²) in [5.41, 5.74) is 1.31. The summed E-state index contributed by atoms with van der Waals surface area (Å²) in [6, 6.07) is 13.2. The predicted octanol–water partition coefficient (Wildman–Crippen LogP) is 1.78. The predicted molar refractivity (Wildman–Crippen MR) is 88.0 cm³/mol. The van der Waals surface area contributed by atoms with Crippen LogP contribution in [0.15, 0.2) is 53.4 Å². The fourth-order valence-corrected chi connectivity index (χ4v) is 2.79. The molecule has 0 bridgehead atoms. The van der Waals surface area contributed by atoms with Gasteiger partial charge in [-0.25, -0.2) is 13.1 Å². The number of hydrogen-bond acceptors (Lipinski definition) is 4. The number of methoxy groups -OCH3 is 1. The minimum absolute atomic E-state index is 0.141. The summed E-state index contributed by atoms with van der Waals surface area (Å²) in [6.45, 7) is 0. The summed E-state index contributed by atoms with van der Waals surface area (Å²) in [5.74, 6) is 0.442. The van der Waals surface area contributed by atoms with Crippen LogP contribution in [0.1, 0.15) is 5.56 Å². The molecule has 0 heterocycles. The van der Waals surface area contributed by atoms with E-state index in [0.717, 1.165) is 5.56 Å². The van der Waals surface area contributed by atoms with Gasteiger partial charge >= 0.3 is 0 Å². The molecule has 7 heteroatoms. The molecule has 0 aromatic heterocycles. The van der Waals surface area contributed by atoms with E-state index in [9.17, 15) is 13.2 Å². The maximum Gasteiger partial charge on any atom is 0.240 e. The Morgan fingerprint density at radius 2 is 1.74 bits per heavy atom. The number of rotatable bonds is 6. The standard InChI is InChI=1S/C16H18N2O4S/c1-17-23(20,21)14-9-7-13(8-10-14)18-16(19)11-12-5-3-4-6-15(12)22-2/h3-10,17H,11H2,1-2H3,(H,18,19). The largest absolute Gasteiger partial charge is 0.496 e. The molecule has 0 saturated heterocycles. The molecule has 6 nitrogen and oxygen atoms in total. The highest BCUT2D eigenvalue weighted by molar-refractivity contribution is 7.89. The van der Waals surface area contributed by atoms with Crippen molar-refractivity contribution in [1.29, 1.82) is 0 Å². The van der Waals surface area contributed by atoms with Crippen molar-refractivity contribution >= 4 is 21.6 Å². The zero-order valence-corrected chi connectivity index (χ0v) is 13.7. The average molecular weight is 334 g/mol. The zero-order valence-electron chi connectivity index (χ0n) is 12.9. The number of carbonyl (C=O) groups excluding carboxylic acids is 1. The summed E-state index contributed by atoms with van der Waals surface area (Å²) in [4.78, 5) is 12.2. The van der Waals surface area contributed by atoms with Gasteiger partial charge in [0.25, 0.3) is 0 Å². The van der Waals surface area contributed by atoms with E-state index in [2.05, 4.69) is 10.0 Å². The highest BCUT2D eigenvalue weighted by Crippen LogP contribution is 2.19. The molecule has 0 fully saturated rings. The van der Waals surface area contributed by atoms with E-state index in [4.69, 9.17) is 4.74 Å². The van der Waals surface area contributed by atoms with Crippen molar-refractivity contribution in [3.8, 4) is 5.75 Å². The molecule has 2 aromatic carbocycles. The number of nitrogens with one attached hydrogen (secondary N) is 2. The number of anilines is 1. The summed E-state index contributed by atoms with van der Waals surface area (Å²) in [7, 11) is -0.581. The van der Waals surface area contributed by atoms with E-state index in [1.54, 1.807) is 25.3 Å². The van der Waals surface area contributed by atoms with Gasteiger partial charge in [0.1, 0.15) is 5.75 Å². The second-order valence-electron chi connectivity index (χ2n) is 4.77. The molecule has 2 aromatic rings. The molecule has 23 heavy (non-hydrogen) atoms. The van der Waals surface area contributed by atoms with Gasteiger partial charge in [-0.05, 0) is 37.4 Å². The number of carbonyl (C=O) groups is 1. The molecule has 1 amide bonds. The minimum Gasteiger partial charge on any atom is -0.496 e. The highest BCUT2D eigenvalue weighted by atomic mass is 32.2. The van der Waals surface area contributed by atoms with Crippen molar-refractivity contribution in [3.05, 3.63) is 54.1 Å². The normalized spacial score (nSPS) is 11.0. The van der Waals surface area contributed by atoms with Crippen molar-refractivity contribution in [2.24, 2.45) is 0 Å². The number of amides is 1. The molecule has 2 rings (SSSR count). The van der Waals surface area contributed by atoms with Crippen LogP contribution in [0.25, 0.3) is 0 Å². The zero-order chi connectivity index (χ0) is 16.9. The van der Waals surface area contributed by atoms with Crippen LogP contribution < -0.4 is 14.8 Å².